The number of rotatable bonds is 5. The Morgan fingerprint density at radius 3 is 2.81 bits per heavy atom. The average Bonchev–Trinajstić information content (AvgIpc) is 3.17. The van der Waals surface area contributed by atoms with Gasteiger partial charge in [-0.3, -0.25) is 15.1 Å². The summed E-state index contributed by atoms with van der Waals surface area (Å²) in [6.45, 7) is 0.324. The van der Waals surface area contributed by atoms with E-state index in [9.17, 15) is 9.90 Å². The van der Waals surface area contributed by atoms with E-state index in [4.69, 9.17) is 4.74 Å². The highest BCUT2D eigenvalue weighted by Crippen LogP contribution is 2.39. The Morgan fingerprint density at radius 1 is 1.16 bits per heavy atom. The highest BCUT2D eigenvalue weighted by Gasteiger charge is 2.35. The van der Waals surface area contributed by atoms with Crippen LogP contribution in [0.4, 0.5) is 0 Å². The minimum absolute atomic E-state index is 0.324. The highest BCUT2D eigenvalue weighted by molar-refractivity contribution is 9.10. The summed E-state index contributed by atoms with van der Waals surface area (Å²) in [5, 5.41) is 14.2. The number of aromatic nitrogens is 2. The number of pyridine rings is 1. The van der Waals surface area contributed by atoms with Crippen molar-refractivity contribution in [2.75, 3.05) is 0 Å². The summed E-state index contributed by atoms with van der Waals surface area (Å²) in [5.74, 6) is -0.186. The van der Waals surface area contributed by atoms with Crippen molar-refractivity contribution in [1.29, 1.82) is 0 Å². The molecule has 5 rings (SSSR count). The monoisotopic (exact) mass is 477 g/mol. The fraction of sp³-hybridized carbons (Fsp3) is 0.167. The lowest BCUT2D eigenvalue weighted by Gasteiger charge is -2.30. The summed E-state index contributed by atoms with van der Waals surface area (Å²) >= 11 is 3.56. The molecule has 0 radical (unpaired) electrons. The summed E-state index contributed by atoms with van der Waals surface area (Å²) in [5.41, 5.74) is 4.69. The van der Waals surface area contributed by atoms with Crippen molar-refractivity contribution in [3.8, 4) is 5.75 Å². The molecule has 0 amide bonds. The number of hydrogen-bond donors (Lipinski definition) is 3. The second-order valence-electron chi connectivity index (χ2n) is 7.55. The number of benzene rings is 2. The maximum Gasteiger partial charge on any atom is 0.321 e. The van der Waals surface area contributed by atoms with Gasteiger partial charge in [0.25, 0.3) is 0 Å². The first-order chi connectivity index (χ1) is 15.1. The number of fused-ring (bicyclic) bond motifs is 3. The van der Waals surface area contributed by atoms with Gasteiger partial charge in [-0.15, -0.1) is 0 Å². The maximum absolute atomic E-state index is 11.9. The number of nitrogens with one attached hydrogen (secondary N) is 2. The molecule has 7 heteroatoms. The van der Waals surface area contributed by atoms with E-state index in [2.05, 4.69) is 31.2 Å². The fourth-order valence-corrected chi connectivity index (χ4v) is 4.53. The van der Waals surface area contributed by atoms with Gasteiger partial charge < -0.3 is 14.8 Å². The van der Waals surface area contributed by atoms with Crippen molar-refractivity contribution in [3.05, 3.63) is 93.8 Å². The number of carboxylic acid groups (broad SMARTS) is 1. The average molecular weight is 478 g/mol. The number of carbonyl (C=O) groups is 1. The van der Waals surface area contributed by atoms with E-state index in [0.29, 0.717) is 18.8 Å². The molecule has 0 saturated carbocycles. The number of carboxylic acids is 1. The standard InChI is InChI=1S/C24H20BrN3O3/c25-14-8-9-21(31-13-15-5-3-4-10-26-15)18(11-14)23-22-17(12-20(28-23)24(29)30)16-6-1-2-7-19(16)27-22/h1-11,20,23,27-28H,12-13H2,(H,29,30)/t20-,23-/m1/s1. The van der Waals surface area contributed by atoms with Gasteiger partial charge in [0.1, 0.15) is 18.4 Å². The van der Waals surface area contributed by atoms with E-state index in [0.717, 1.165) is 37.9 Å². The van der Waals surface area contributed by atoms with Crippen LogP contribution in [-0.2, 0) is 17.8 Å². The van der Waals surface area contributed by atoms with Crippen LogP contribution < -0.4 is 10.1 Å². The molecule has 0 aliphatic carbocycles. The molecule has 2 aromatic heterocycles. The van der Waals surface area contributed by atoms with Crippen molar-refractivity contribution in [2.24, 2.45) is 0 Å². The molecule has 3 heterocycles. The Bertz CT molecular complexity index is 1260. The summed E-state index contributed by atoms with van der Waals surface area (Å²) in [7, 11) is 0. The summed E-state index contributed by atoms with van der Waals surface area (Å²) in [6, 6.07) is 18.4. The molecular weight excluding hydrogens is 458 g/mol. The molecule has 0 unspecified atom stereocenters. The van der Waals surface area contributed by atoms with Crippen molar-refractivity contribution in [2.45, 2.75) is 25.1 Å². The number of nitrogens with zero attached hydrogens (tertiary/aromatic N) is 1. The number of aromatic amines is 1. The van der Waals surface area contributed by atoms with E-state index in [1.807, 2.05) is 60.7 Å². The summed E-state index contributed by atoms with van der Waals surface area (Å²) in [6.07, 6.45) is 2.15. The maximum atomic E-state index is 11.9. The highest BCUT2D eigenvalue weighted by atomic mass is 79.9. The second kappa shape index (κ2) is 8.17. The molecule has 156 valence electrons. The molecular formula is C24H20BrN3O3. The zero-order chi connectivity index (χ0) is 21.4. The Morgan fingerprint density at radius 2 is 2.00 bits per heavy atom. The molecule has 2 aromatic carbocycles. The predicted molar refractivity (Wildman–Crippen MR) is 121 cm³/mol. The zero-order valence-electron chi connectivity index (χ0n) is 16.5. The van der Waals surface area contributed by atoms with Gasteiger partial charge in [0, 0.05) is 39.3 Å². The molecule has 0 saturated heterocycles. The lowest BCUT2D eigenvalue weighted by molar-refractivity contribution is -0.139. The zero-order valence-corrected chi connectivity index (χ0v) is 18.1. The number of hydrogen-bond acceptors (Lipinski definition) is 4. The van der Waals surface area contributed by atoms with E-state index in [-0.39, 0.29) is 6.04 Å². The SMILES string of the molecule is O=C(O)[C@H]1Cc2c([nH]c3ccccc23)[C@@H](c2cc(Br)ccc2OCc2ccccn2)N1. The fourth-order valence-electron chi connectivity index (χ4n) is 4.15. The van der Waals surface area contributed by atoms with Crippen LogP contribution in [0.2, 0.25) is 0 Å². The van der Waals surface area contributed by atoms with Gasteiger partial charge in [0.05, 0.1) is 11.7 Å². The van der Waals surface area contributed by atoms with Gasteiger partial charge in [0.15, 0.2) is 0 Å². The van der Waals surface area contributed by atoms with E-state index in [1.54, 1.807) is 6.20 Å². The molecule has 0 bridgehead atoms. The first-order valence-corrected chi connectivity index (χ1v) is 10.8. The lowest BCUT2D eigenvalue weighted by Crippen LogP contribution is -2.45. The van der Waals surface area contributed by atoms with Crippen molar-refractivity contribution >= 4 is 32.8 Å². The van der Waals surface area contributed by atoms with Crippen LogP contribution in [0.15, 0.2) is 71.3 Å². The molecule has 6 nitrogen and oxygen atoms in total. The molecule has 31 heavy (non-hydrogen) atoms. The van der Waals surface area contributed by atoms with Gasteiger partial charge in [-0.2, -0.15) is 0 Å². The molecule has 2 atom stereocenters. The molecule has 1 aliphatic heterocycles. The van der Waals surface area contributed by atoms with Crippen LogP contribution in [0.25, 0.3) is 10.9 Å². The molecule has 0 spiro atoms. The Labute approximate surface area is 187 Å². The van der Waals surface area contributed by atoms with Gasteiger partial charge in [-0.05, 0) is 42.0 Å². The number of para-hydroxylation sites is 1. The van der Waals surface area contributed by atoms with E-state index >= 15 is 0 Å². The number of ether oxygens (including phenoxy) is 1. The molecule has 3 N–H and O–H groups in total. The van der Waals surface area contributed by atoms with Gasteiger partial charge in [0.2, 0.25) is 0 Å². The number of halogens is 1. The first kappa shape index (κ1) is 19.8. The van der Waals surface area contributed by atoms with Crippen LogP contribution in [0.1, 0.15) is 28.6 Å². The van der Waals surface area contributed by atoms with Crippen LogP contribution in [0.5, 0.6) is 5.75 Å². The minimum Gasteiger partial charge on any atom is -0.487 e. The third-order valence-corrected chi connectivity index (χ3v) is 6.09. The van der Waals surface area contributed by atoms with Crippen LogP contribution >= 0.6 is 15.9 Å². The molecule has 1 aliphatic rings. The molecule has 0 fully saturated rings. The normalized spacial score (nSPS) is 18.0. The smallest absolute Gasteiger partial charge is 0.321 e. The third kappa shape index (κ3) is 3.82. The quantitative estimate of drug-likeness (QED) is 0.391. The van der Waals surface area contributed by atoms with E-state index < -0.39 is 12.0 Å². The summed E-state index contributed by atoms with van der Waals surface area (Å²) in [4.78, 5) is 19.8. The lowest BCUT2D eigenvalue weighted by atomic mass is 9.90. The van der Waals surface area contributed by atoms with Crippen LogP contribution in [0, 0.1) is 0 Å². The van der Waals surface area contributed by atoms with Gasteiger partial charge in [-0.1, -0.05) is 40.2 Å². The van der Waals surface area contributed by atoms with Crippen molar-refractivity contribution in [1.82, 2.24) is 15.3 Å². The third-order valence-electron chi connectivity index (χ3n) is 5.59. The van der Waals surface area contributed by atoms with Gasteiger partial charge >= 0.3 is 5.97 Å². The Kier molecular flexibility index (Phi) is 5.21. The minimum atomic E-state index is -0.869. The predicted octanol–water partition coefficient (Wildman–Crippen LogP) is 4.59. The van der Waals surface area contributed by atoms with Gasteiger partial charge in [-0.25, -0.2) is 0 Å². The number of H-pyrrole nitrogens is 1. The Hall–Kier alpha value is -3.16. The first-order valence-electron chi connectivity index (χ1n) is 10.0. The van der Waals surface area contributed by atoms with E-state index in [1.165, 1.54) is 0 Å². The van der Waals surface area contributed by atoms with Crippen LogP contribution in [-0.4, -0.2) is 27.1 Å². The molecule has 4 aromatic rings. The largest absolute Gasteiger partial charge is 0.487 e. The Balaban J connectivity index is 1.59. The van der Waals surface area contributed by atoms with Crippen molar-refractivity contribution < 1.29 is 14.6 Å². The number of aliphatic carboxylic acids is 1. The summed E-state index contributed by atoms with van der Waals surface area (Å²) < 4.78 is 7.02. The van der Waals surface area contributed by atoms with Crippen molar-refractivity contribution in [3.63, 3.8) is 0 Å². The topological polar surface area (TPSA) is 87.2 Å². The van der Waals surface area contributed by atoms with Crippen LogP contribution in [0.3, 0.4) is 0 Å². The second-order valence-corrected chi connectivity index (χ2v) is 8.47.